The number of ether oxygens (including phenoxy) is 1. The van der Waals surface area contributed by atoms with E-state index < -0.39 is 0 Å². The number of rotatable bonds is 6. The zero-order valence-corrected chi connectivity index (χ0v) is 12.0. The molecule has 108 valence electrons. The minimum atomic E-state index is 0.0896. The monoisotopic (exact) mass is 268 g/mol. The molecular weight excluding hydrogens is 244 g/mol. The summed E-state index contributed by atoms with van der Waals surface area (Å²) < 4.78 is 11.0. The van der Waals surface area contributed by atoms with E-state index in [4.69, 9.17) is 9.15 Å². The van der Waals surface area contributed by atoms with Crippen molar-refractivity contribution in [3.63, 3.8) is 0 Å². The van der Waals surface area contributed by atoms with Gasteiger partial charge >= 0.3 is 6.01 Å². The summed E-state index contributed by atoms with van der Waals surface area (Å²) in [5.74, 6) is 0.626. The first-order valence-electron chi connectivity index (χ1n) is 7.01. The Hall–Kier alpha value is -1.14. The molecule has 0 aliphatic carbocycles. The molecule has 2 rings (SSSR count). The maximum atomic E-state index is 5.61. The standard InChI is InChI=1S/C13H24N4O2/c1-4-14-10(2)11-16-17-12(19-11)15-9-13(3)5-7-18-8-6-13/h10,14H,4-9H2,1-3H3,(H,15,17). The van der Waals surface area contributed by atoms with Gasteiger partial charge in [-0.25, -0.2) is 0 Å². The number of aromatic nitrogens is 2. The topological polar surface area (TPSA) is 72.2 Å². The van der Waals surface area contributed by atoms with Crippen LogP contribution in [0.1, 0.15) is 45.5 Å². The maximum absolute atomic E-state index is 5.61. The summed E-state index contributed by atoms with van der Waals surface area (Å²) in [7, 11) is 0. The third-order valence-corrected chi connectivity index (χ3v) is 3.69. The number of nitrogens with one attached hydrogen (secondary N) is 2. The van der Waals surface area contributed by atoms with Gasteiger partial charge in [0.25, 0.3) is 0 Å². The third-order valence-electron chi connectivity index (χ3n) is 3.69. The van der Waals surface area contributed by atoms with Gasteiger partial charge in [0.1, 0.15) is 0 Å². The minimum absolute atomic E-state index is 0.0896. The van der Waals surface area contributed by atoms with Crippen LogP contribution < -0.4 is 10.6 Å². The van der Waals surface area contributed by atoms with Gasteiger partial charge < -0.3 is 19.8 Å². The highest BCUT2D eigenvalue weighted by atomic mass is 16.5. The van der Waals surface area contributed by atoms with E-state index in [9.17, 15) is 0 Å². The largest absolute Gasteiger partial charge is 0.406 e. The summed E-state index contributed by atoms with van der Waals surface area (Å²) in [6.07, 6.45) is 2.13. The Bertz CT molecular complexity index is 388. The van der Waals surface area contributed by atoms with Crippen molar-refractivity contribution in [3.8, 4) is 0 Å². The highest BCUT2D eigenvalue weighted by molar-refractivity contribution is 5.18. The number of hydrogen-bond acceptors (Lipinski definition) is 6. The van der Waals surface area contributed by atoms with Crippen molar-refractivity contribution < 1.29 is 9.15 Å². The highest BCUT2D eigenvalue weighted by Gasteiger charge is 2.27. The van der Waals surface area contributed by atoms with Crippen LogP contribution in [0.25, 0.3) is 0 Å². The van der Waals surface area contributed by atoms with Crippen LogP contribution in [0.5, 0.6) is 0 Å². The first-order valence-corrected chi connectivity index (χ1v) is 7.01. The smallest absolute Gasteiger partial charge is 0.315 e. The third kappa shape index (κ3) is 3.91. The SMILES string of the molecule is CCNC(C)c1nnc(NCC2(C)CCOCC2)o1. The van der Waals surface area contributed by atoms with Crippen LogP contribution in [0.2, 0.25) is 0 Å². The van der Waals surface area contributed by atoms with E-state index in [0.29, 0.717) is 11.9 Å². The van der Waals surface area contributed by atoms with Crippen molar-refractivity contribution in [2.24, 2.45) is 5.41 Å². The molecule has 0 bridgehead atoms. The van der Waals surface area contributed by atoms with Crippen LogP contribution >= 0.6 is 0 Å². The summed E-state index contributed by atoms with van der Waals surface area (Å²) in [5, 5.41) is 14.6. The van der Waals surface area contributed by atoms with Crippen LogP contribution in [0, 0.1) is 5.41 Å². The van der Waals surface area contributed by atoms with Gasteiger partial charge in [-0.15, -0.1) is 5.10 Å². The molecule has 0 spiro atoms. The molecule has 6 nitrogen and oxygen atoms in total. The van der Waals surface area contributed by atoms with E-state index in [1.807, 2.05) is 6.92 Å². The van der Waals surface area contributed by atoms with Gasteiger partial charge in [0.2, 0.25) is 5.89 Å². The van der Waals surface area contributed by atoms with Crippen molar-refractivity contribution in [2.45, 2.75) is 39.7 Å². The summed E-state index contributed by atoms with van der Waals surface area (Å²) >= 11 is 0. The van der Waals surface area contributed by atoms with Gasteiger partial charge in [-0.3, -0.25) is 0 Å². The Morgan fingerprint density at radius 2 is 2.05 bits per heavy atom. The molecule has 0 radical (unpaired) electrons. The number of hydrogen-bond donors (Lipinski definition) is 2. The second-order valence-electron chi connectivity index (χ2n) is 5.50. The fourth-order valence-corrected chi connectivity index (χ4v) is 2.20. The van der Waals surface area contributed by atoms with Crippen LogP contribution in [0.15, 0.2) is 4.42 Å². The predicted octanol–water partition coefficient (Wildman–Crippen LogP) is 1.97. The van der Waals surface area contributed by atoms with Gasteiger partial charge in [0.05, 0.1) is 6.04 Å². The van der Waals surface area contributed by atoms with Crippen molar-refractivity contribution in [1.82, 2.24) is 15.5 Å². The average Bonchev–Trinajstić information content (AvgIpc) is 2.87. The van der Waals surface area contributed by atoms with E-state index in [1.54, 1.807) is 0 Å². The van der Waals surface area contributed by atoms with Gasteiger partial charge in [-0.1, -0.05) is 18.9 Å². The van der Waals surface area contributed by atoms with E-state index >= 15 is 0 Å². The molecule has 1 aromatic heterocycles. The van der Waals surface area contributed by atoms with E-state index in [1.165, 1.54) is 0 Å². The fourth-order valence-electron chi connectivity index (χ4n) is 2.20. The Balaban J connectivity index is 1.86. The molecule has 0 saturated carbocycles. The quantitative estimate of drug-likeness (QED) is 0.822. The molecule has 0 amide bonds. The van der Waals surface area contributed by atoms with E-state index in [-0.39, 0.29) is 11.5 Å². The zero-order valence-electron chi connectivity index (χ0n) is 12.0. The van der Waals surface area contributed by atoms with Crippen molar-refractivity contribution in [3.05, 3.63) is 5.89 Å². The molecule has 2 N–H and O–H groups in total. The lowest BCUT2D eigenvalue weighted by Crippen LogP contribution is -2.33. The summed E-state index contributed by atoms with van der Waals surface area (Å²) in [6.45, 7) is 9.73. The summed E-state index contributed by atoms with van der Waals surface area (Å²) in [6, 6.07) is 0.596. The van der Waals surface area contributed by atoms with Gasteiger partial charge in [-0.2, -0.15) is 0 Å². The lowest BCUT2D eigenvalue weighted by Gasteiger charge is -2.33. The lowest BCUT2D eigenvalue weighted by atomic mass is 9.82. The first kappa shape index (κ1) is 14.3. The zero-order chi connectivity index (χ0) is 13.7. The van der Waals surface area contributed by atoms with Crippen molar-refractivity contribution in [1.29, 1.82) is 0 Å². The Morgan fingerprint density at radius 1 is 1.32 bits per heavy atom. The minimum Gasteiger partial charge on any atom is -0.406 e. The molecule has 1 aliphatic heterocycles. The number of anilines is 1. The normalized spacial score (nSPS) is 20.2. The molecule has 1 fully saturated rings. The second kappa shape index (κ2) is 6.34. The van der Waals surface area contributed by atoms with Gasteiger partial charge in [0, 0.05) is 19.8 Å². The molecule has 1 aromatic rings. The first-order chi connectivity index (χ1) is 9.13. The molecule has 1 atom stereocenters. The van der Waals surface area contributed by atoms with Crippen LogP contribution in [0.3, 0.4) is 0 Å². The molecule has 1 saturated heterocycles. The predicted molar refractivity (Wildman–Crippen MR) is 73.0 cm³/mol. The van der Waals surface area contributed by atoms with Crippen LogP contribution in [-0.2, 0) is 4.74 Å². The van der Waals surface area contributed by atoms with Crippen LogP contribution in [0.4, 0.5) is 6.01 Å². The van der Waals surface area contributed by atoms with Crippen molar-refractivity contribution in [2.75, 3.05) is 31.6 Å². The Labute approximate surface area is 114 Å². The van der Waals surface area contributed by atoms with Gasteiger partial charge in [0.15, 0.2) is 0 Å². The Morgan fingerprint density at radius 3 is 2.74 bits per heavy atom. The van der Waals surface area contributed by atoms with Gasteiger partial charge in [-0.05, 0) is 31.7 Å². The molecule has 1 aliphatic rings. The average molecular weight is 268 g/mol. The Kier molecular flexibility index (Phi) is 4.76. The molecular formula is C13H24N4O2. The highest BCUT2D eigenvalue weighted by Crippen LogP contribution is 2.29. The molecule has 6 heteroatoms. The van der Waals surface area contributed by atoms with E-state index in [2.05, 4.69) is 34.7 Å². The molecule has 0 aromatic carbocycles. The molecule has 19 heavy (non-hydrogen) atoms. The maximum Gasteiger partial charge on any atom is 0.315 e. The van der Waals surface area contributed by atoms with Crippen molar-refractivity contribution >= 4 is 6.01 Å². The van der Waals surface area contributed by atoms with E-state index in [0.717, 1.165) is 39.1 Å². The number of nitrogens with zero attached hydrogens (tertiary/aromatic N) is 2. The fraction of sp³-hybridized carbons (Fsp3) is 0.846. The van der Waals surface area contributed by atoms with Crippen LogP contribution in [-0.4, -0.2) is 36.5 Å². The molecule has 2 heterocycles. The molecule has 1 unspecified atom stereocenters. The second-order valence-corrected chi connectivity index (χ2v) is 5.50. The lowest BCUT2D eigenvalue weighted by molar-refractivity contribution is 0.0298. The summed E-state index contributed by atoms with van der Waals surface area (Å²) in [4.78, 5) is 0. The summed E-state index contributed by atoms with van der Waals surface area (Å²) in [5.41, 5.74) is 0.250.